The molecule has 0 aromatic heterocycles. The van der Waals surface area contributed by atoms with Gasteiger partial charge in [-0.3, -0.25) is 0 Å². The van der Waals surface area contributed by atoms with Gasteiger partial charge in [0.05, 0.1) is 0 Å². The van der Waals surface area contributed by atoms with E-state index in [9.17, 15) is 0 Å². The maximum absolute atomic E-state index is 4.35. The van der Waals surface area contributed by atoms with Gasteiger partial charge in [-0.1, -0.05) is 0 Å². The molecule has 0 amide bonds. The molecule has 2 aliphatic rings. The van der Waals surface area contributed by atoms with Crippen LogP contribution in [0.25, 0.3) is 0 Å². The molecule has 1 aromatic carbocycles. The number of hydrogen-bond acceptors (Lipinski definition) is 3. The van der Waals surface area contributed by atoms with E-state index in [1.807, 2.05) is 24.5 Å². The van der Waals surface area contributed by atoms with Crippen molar-refractivity contribution in [3.05, 3.63) is 41.0 Å². The summed E-state index contributed by atoms with van der Waals surface area (Å²) in [6.45, 7) is 0. The van der Waals surface area contributed by atoms with E-state index in [4.69, 9.17) is 0 Å². The molecule has 0 N–H and O–H groups in total. The van der Waals surface area contributed by atoms with E-state index in [-0.39, 0.29) is 0 Å². The van der Waals surface area contributed by atoms with Gasteiger partial charge in [0.15, 0.2) is 0 Å². The average molecular weight is 262 g/mol. The third kappa shape index (κ3) is 1.62. The zero-order valence-electron chi connectivity index (χ0n) is 8.00. The first-order chi connectivity index (χ1) is 7.43. The average Bonchev–Trinajstić information content (AvgIpc) is 2.77. The minimum atomic E-state index is 0.472. The summed E-state index contributed by atoms with van der Waals surface area (Å²) in [6, 6.07) is 10.2. The number of fused-ring (bicyclic) bond motifs is 1. The molecule has 74 valence electrons. The van der Waals surface area contributed by atoms with Crippen LogP contribution in [-0.2, 0) is 0 Å². The molecule has 3 rings (SSSR count). The van der Waals surface area contributed by atoms with E-state index >= 15 is 0 Å². The summed E-state index contributed by atoms with van der Waals surface area (Å²) >= 11 is 0.472. The van der Waals surface area contributed by atoms with Gasteiger partial charge < -0.3 is 0 Å². The van der Waals surface area contributed by atoms with Gasteiger partial charge >= 0.3 is 94.1 Å². The van der Waals surface area contributed by atoms with E-state index in [1.54, 1.807) is 0 Å². The van der Waals surface area contributed by atoms with Crippen LogP contribution in [0.2, 0.25) is 0 Å². The normalized spacial score (nSPS) is 18.5. The zero-order valence-corrected chi connectivity index (χ0v) is 9.71. The van der Waals surface area contributed by atoms with Crippen LogP contribution < -0.4 is 4.90 Å². The third-order valence-electron chi connectivity index (χ3n) is 2.27. The first-order valence-corrected chi connectivity index (χ1v) is 6.77. The Morgan fingerprint density at radius 1 is 1.20 bits per heavy atom. The molecule has 15 heavy (non-hydrogen) atoms. The molecule has 3 nitrogen and oxygen atoms in total. The number of para-hydroxylation sites is 1. The van der Waals surface area contributed by atoms with Gasteiger partial charge in [-0.25, -0.2) is 0 Å². The molecule has 0 unspecified atom stereocenters. The maximum atomic E-state index is 4.35. The topological polar surface area (TPSA) is 28.0 Å². The monoisotopic (exact) mass is 263 g/mol. The molecule has 0 fully saturated rings. The van der Waals surface area contributed by atoms with Crippen LogP contribution in [0, 0.1) is 0 Å². The molecule has 0 saturated carbocycles. The van der Waals surface area contributed by atoms with Crippen LogP contribution in [0.1, 0.15) is 0 Å². The van der Waals surface area contributed by atoms with Crippen molar-refractivity contribution in [2.24, 2.45) is 9.98 Å². The van der Waals surface area contributed by atoms with Crippen molar-refractivity contribution in [3.63, 3.8) is 0 Å². The summed E-state index contributed by atoms with van der Waals surface area (Å²) in [5, 5.41) is 0. The molecule has 2 heterocycles. The molecule has 0 saturated heterocycles. The fourth-order valence-corrected chi connectivity index (χ4v) is 3.12. The summed E-state index contributed by atoms with van der Waals surface area (Å²) in [5.41, 5.74) is 2.09. The van der Waals surface area contributed by atoms with Crippen molar-refractivity contribution >= 4 is 32.8 Å². The molecule has 0 radical (unpaired) electrons. The van der Waals surface area contributed by atoms with E-state index in [0.717, 1.165) is 17.0 Å². The molecule has 4 heteroatoms. The molecule has 0 atom stereocenters. The molecule has 2 aliphatic heterocycles. The quantitative estimate of drug-likeness (QED) is 0.704. The second kappa shape index (κ2) is 3.65. The van der Waals surface area contributed by atoms with Crippen molar-refractivity contribution < 1.29 is 0 Å². The van der Waals surface area contributed by atoms with Crippen molar-refractivity contribution in [3.8, 4) is 0 Å². The molecule has 0 spiro atoms. The van der Waals surface area contributed by atoms with Crippen LogP contribution in [0.3, 0.4) is 0 Å². The van der Waals surface area contributed by atoms with Gasteiger partial charge in [-0.05, 0) is 0 Å². The number of hydrogen-bond donors (Lipinski definition) is 0. The number of aliphatic imine (C=N–C) groups is 2. The van der Waals surface area contributed by atoms with Crippen molar-refractivity contribution in [2.75, 3.05) is 10.3 Å². The minimum absolute atomic E-state index is 0.472. The summed E-state index contributed by atoms with van der Waals surface area (Å²) in [5.74, 6) is 0.933. The second-order valence-electron chi connectivity index (χ2n) is 3.24. The fourth-order valence-electron chi connectivity index (χ4n) is 1.52. The van der Waals surface area contributed by atoms with Crippen molar-refractivity contribution in [1.29, 1.82) is 0 Å². The van der Waals surface area contributed by atoms with Gasteiger partial charge in [-0.15, -0.1) is 0 Å². The van der Waals surface area contributed by atoms with E-state index in [0.29, 0.717) is 15.0 Å². The van der Waals surface area contributed by atoms with Crippen LogP contribution in [0.4, 0.5) is 5.69 Å². The summed E-state index contributed by atoms with van der Waals surface area (Å²) in [6.07, 6.45) is 3.98. The van der Waals surface area contributed by atoms with Gasteiger partial charge in [0.25, 0.3) is 0 Å². The SMILES string of the molecule is C1=NC2=NC[Se]C2=CN1c1ccccc1. The van der Waals surface area contributed by atoms with Crippen LogP contribution in [0.15, 0.2) is 51.0 Å². The van der Waals surface area contributed by atoms with Gasteiger partial charge in [-0.2, -0.15) is 0 Å². The Labute approximate surface area is 94.4 Å². The Morgan fingerprint density at radius 2 is 2.07 bits per heavy atom. The van der Waals surface area contributed by atoms with Gasteiger partial charge in [0, 0.05) is 0 Å². The number of rotatable bonds is 1. The van der Waals surface area contributed by atoms with Crippen molar-refractivity contribution in [2.45, 2.75) is 0 Å². The van der Waals surface area contributed by atoms with E-state index in [1.165, 1.54) is 4.47 Å². The number of benzene rings is 1. The Kier molecular flexibility index (Phi) is 2.16. The molecule has 0 bridgehead atoms. The Bertz CT molecular complexity index is 462. The third-order valence-corrected chi connectivity index (χ3v) is 4.07. The second-order valence-corrected chi connectivity index (χ2v) is 5.31. The standard InChI is InChI=1S/C11H9N3Se/c1-2-4-9(5-3-1)14-6-10-11(12-7-14)13-8-15-10/h1-7H,8H2. The van der Waals surface area contributed by atoms with Crippen molar-refractivity contribution in [1.82, 2.24) is 0 Å². The Balaban J connectivity index is 1.95. The number of nitrogens with zero attached hydrogens (tertiary/aromatic N) is 3. The van der Waals surface area contributed by atoms with Gasteiger partial charge in [0.1, 0.15) is 0 Å². The van der Waals surface area contributed by atoms with Crippen LogP contribution >= 0.6 is 0 Å². The molecule has 1 aromatic rings. The zero-order chi connectivity index (χ0) is 10.1. The Hall–Kier alpha value is -1.38. The molecular formula is C11H9N3Se. The molecular weight excluding hydrogens is 253 g/mol. The first-order valence-electron chi connectivity index (χ1n) is 4.70. The number of amidine groups is 1. The summed E-state index contributed by atoms with van der Waals surface area (Å²) in [4.78, 5) is 10.7. The van der Waals surface area contributed by atoms with E-state index < -0.39 is 0 Å². The van der Waals surface area contributed by atoms with E-state index in [2.05, 4.69) is 33.2 Å². The summed E-state index contributed by atoms with van der Waals surface area (Å²) in [7, 11) is 0. The summed E-state index contributed by atoms with van der Waals surface area (Å²) < 4.78 is 1.30. The van der Waals surface area contributed by atoms with Gasteiger partial charge in [0.2, 0.25) is 0 Å². The predicted molar refractivity (Wildman–Crippen MR) is 63.6 cm³/mol. The number of anilines is 1. The molecule has 0 aliphatic carbocycles. The first kappa shape index (κ1) is 8.89. The Morgan fingerprint density at radius 3 is 2.93 bits per heavy atom. The van der Waals surface area contributed by atoms with Crippen LogP contribution in [0.5, 0.6) is 0 Å². The fraction of sp³-hybridized carbons (Fsp3) is 0.0909. The predicted octanol–water partition coefficient (Wildman–Crippen LogP) is 1.45. The van der Waals surface area contributed by atoms with Crippen LogP contribution in [-0.4, -0.2) is 32.6 Å².